The standard InChI is InChI=1S/C80H82N4O11/c1-11-82-68-26-14-12-24-66(68)77(3,4)72(82)28-18-29-73-78(5,6)67-25-13-15-27-69(67)83(73)46-19-47-92-79(54-30-38-60(88-7)39-31-54,55-32-40-61(89-8)41-33-55)58-20-16-22-64(48-58)94-65-23-17-21-59(49-65)80(56-34-42-62(90-9)43-35-56,57-36-44-63(91-10)45-37-57)93-52-71-70(85)50-74(95-71)84-51-53(2)75(86)81-76(84)87/h12-18,20-45,48-49,51,70-71,74,85H,11,19,46-47,50,52H2,1-10H3/p+1/t70?,71-,74-/m1/s1. The first-order valence-electron chi connectivity index (χ1n) is 32.4. The Bertz CT molecular complexity index is 4340. The number of anilines is 1. The molecule has 0 aliphatic carbocycles. The second kappa shape index (κ2) is 27.3. The monoisotopic (exact) mass is 1280 g/mol. The minimum absolute atomic E-state index is 0.0830. The Morgan fingerprint density at radius 3 is 1.64 bits per heavy atom. The highest BCUT2D eigenvalue weighted by Gasteiger charge is 2.46. The molecule has 4 heterocycles. The summed E-state index contributed by atoms with van der Waals surface area (Å²) in [5.74, 6) is 3.74. The van der Waals surface area contributed by atoms with Crippen molar-refractivity contribution in [2.24, 2.45) is 0 Å². The van der Waals surface area contributed by atoms with Crippen molar-refractivity contribution in [1.29, 1.82) is 0 Å². The highest BCUT2D eigenvalue weighted by Crippen LogP contribution is 2.50. The number of hydrogen-bond acceptors (Lipinski definition) is 12. The molecule has 3 atom stereocenters. The smallest absolute Gasteiger partial charge is 0.330 e. The van der Waals surface area contributed by atoms with Crippen molar-refractivity contribution in [3.8, 4) is 34.5 Å². The summed E-state index contributed by atoms with van der Waals surface area (Å²) in [4.78, 5) is 30.3. The molecule has 0 saturated carbocycles. The predicted molar refractivity (Wildman–Crippen MR) is 371 cm³/mol. The molecule has 3 aliphatic rings. The van der Waals surface area contributed by atoms with Gasteiger partial charge in [-0.25, -0.2) is 4.79 Å². The molecule has 0 bridgehead atoms. The van der Waals surface area contributed by atoms with Crippen LogP contribution in [0.3, 0.4) is 0 Å². The summed E-state index contributed by atoms with van der Waals surface area (Å²) in [6.07, 6.45) is 6.27. The van der Waals surface area contributed by atoms with Crippen LogP contribution in [0.25, 0.3) is 0 Å². The Balaban J connectivity index is 0.896. The van der Waals surface area contributed by atoms with E-state index < -0.39 is 40.9 Å². The van der Waals surface area contributed by atoms with Gasteiger partial charge in [0.2, 0.25) is 5.69 Å². The Morgan fingerprint density at radius 1 is 0.611 bits per heavy atom. The molecule has 1 aromatic heterocycles. The Morgan fingerprint density at radius 2 is 1.12 bits per heavy atom. The number of benzene rings is 8. The number of aryl methyl sites for hydroxylation is 1. The van der Waals surface area contributed by atoms with Crippen LogP contribution >= 0.6 is 0 Å². The molecule has 12 rings (SSSR count). The average molecular weight is 1280 g/mol. The largest absolute Gasteiger partial charge is 0.497 e. The highest BCUT2D eigenvalue weighted by atomic mass is 16.6. The number of ether oxygens (including phenoxy) is 8. The molecule has 1 unspecified atom stereocenters. The predicted octanol–water partition coefficient (Wildman–Crippen LogP) is 14.4. The third-order valence-electron chi connectivity index (χ3n) is 19.1. The zero-order chi connectivity index (χ0) is 66.7. The van der Waals surface area contributed by atoms with E-state index in [1.54, 1.807) is 35.4 Å². The summed E-state index contributed by atoms with van der Waals surface area (Å²) < 4.78 is 55.0. The number of allylic oxidation sites excluding steroid dienone is 4. The van der Waals surface area contributed by atoms with Gasteiger partial charge in [0.15, 0.2) is 5.71 Å². The lowest BCUT2D eigenvalue weighted by molar-refractivity contribution is -0.433. The zero-order valence-electron chi connectivity index (χ0n) is 55.6. The number of para-hydroxylation sites is 2. The van der Waals surface area contributed by atoms with Gasteiger partial charge in [-0.15, -0.1) is 0 Å². The molecule has 8 aromatic carbocycles. The Kier molecular flexibility index (Phi) is 18.8. The van der Waals surface area contributed by atoms with Crippen LogP contribution in [0.4, 0.5) is 11.4 Å². The molecule has 488 valence electrons. The first-order chi connectivity index (χ1) is 46.0. The number of methoxy groups -OCH3 is 4. The third-order valence-corrected chi connectivity index (χ3v) is 19.1. The zero-order valence-corrected chi connectivity index (χ0v) is 55.6. The summed E-state index contributed by atoms with van der Waals surface area (Å²) in [6.45, 7) is 14.9. The number of aliphatic hydroxyl groups is 1. The fourth-order valence-corrected chi connectivity index (χ4v) is 14.1. The Hall–Kier alpha value is -9.77. The second-order valence-corrected chi connectivity index (χ2v) is 25.3. The topological polar surface area (TPSA) is 155 Å². The molecular formula is C80H83N4O11+. The Labute approximate surface area is 555 Å². The lowest BCUT2D eigenvalue weighted by atomic mass is 9.79. The molecule has 0 spiro atoms. The highest BCUT2D eigenvalue weighted by molar-refractivity contribution is 6.03. The summed E-state index contributed by atoms with van der Waals surface area (Å²) in [5, 5.41) is 11.7. The molecule has 3 aliphatic heterocycles. The maximum Gasteiger partial charge on any atom is 0.330 e. The molecule has 0 radical (unpaired) electrons. The van der Waals surface area contributed by atoms with Gasteiger partial charge in [0.25, 0.3) is 5.56 Å². The van der Waals surface area contributed by atoms with E-state index >= 15 is 0 Å². The molecule has 1 fully saturated rings. The number of nitrogens with one attached hydrogen (secondary N) is 1. The first-order valence-corrected chi connectivity index (χ1v) is 32.4. The van der Waals surface area contributed by atoms with Crippen molar-refractivity contribution >= 4 is 17.1 Å². The number of rotatable bonds is 24. The first kappa shape index (κ1) is 65.3. The number of aromatic amines is 1. The third kappa shape index (κ3) is 12.4. The van der Waals surface area contributed by atoms with Crippen LogP contribution in [0.15, 0.2) is 234 Å². The van der Waals surface area contributed by atoms with Crippen LogP contribution in [0.1, 0.15) is 104 Å². The van der Waals surface area contributed by atoms with E-state index in [4.69, 9.17) is 37.9 Å². The SMILES string of the molecule is CC[N+]1=C(/C=C/C=C2/N(CCCOC(c3ccc(OC)cc3)(c3ccc(OC)cc3)c3cccc(Oc4cccc(C(OC[C@H]5O[C@@H](n6cc(C)c(=O)[nH]c6=O)CC5O)(c5ccc(OC)cc5)c5ccc(OC)cc5)c4)c3)c3ccccc3C2(C)C)C(C)(C)c2ccccc21. The molecule has 15 nitrogen and oxygen atoms in total. The summed E-state index contributed by atoms with van der Waals surface area (Å²) >= 11 is 0. The normalized spacial score (nSPS) is 17.7. The van der Waals surface area contributed by atoms with Crippen molar-refractivity contribution in [2.75, 3.05) is 59.6 Å². The van der Waals surface area contributed by atoms with Gasteiger partial charge in [-0.1, -0.05) is 129 Å². The van der Waals surface area contributed by atoms with E-state index in [9.17, 15) is 14.7 Å². The maximum atomic E-state index is 13.1. The van der Waals surface area contributed by atoms with E-state index in [0.717, 1.165) is 34.4 Å². The number of H-pyrrole nitrogens is 1. The molecule has 95 heavy (non-hydrogen) atoms. The van der Waals surface area contributed by atoms with Gasteiger partial charge in [-0.05, 0) is 158 Å². The van der Waals surface area contributed by atoms with Crippen molar-refractivity contribution in [3.63, 3.8) is 0 Å². The lowest BCUT2D eigenvalue weighted by Gasteiger charge is -2.37. The fourth-order valence-electron chi connectivity index (χ4n) is 14.1. The number of aromatic nitrogens is 2. The van der Waals surface area contributed by atoms with E-state index in [1.807, 2.05) is 115 Å². The fraction of sp³-hybridized carbons (Fsp3) is 0.287. The minimum Gasteiger partial charge on any atom is -0.497 e. The lowest BCUT2D eigenvalue weighted by Crippen LogP contribution is -2.38. The van der Waals surface area contributed by atoms with E-state index in [1.165, 1.54) is 44.7 Å². The van der Waals surface area contributed by atoms with Gasteiger partial charge in [0.1, 0.15) is 64.6 Å². The van der Waals surface area contributed by atoms with Crippen LogP contribution in [0, 0.1) is 6.92 Å². The number of fused-ring (bicyclic) bond motifs is 2. The molecule has 0 amide bonds. The van der Waals surface area contributed by atoms with Crippen LogP contribution in [-0.4, -0.2) is 91.9 Å². The second-order valence-electron chi connectivity index (χ2n) is 25.3. The molecule has 1 saturated heterocycles. The molecule has 15 heteroatoms. The quantitative estimate of drug-likeness (QED) is 0.0336. The molecule has 9 aromatic rings. The number of hydrogen-bond donors (Lipinski definition) is 2. The minimum atomic E-state index is -1.38. The van der Waals surface area contributed by atoms with Crippen LogP contribution in [-0.2, 0) is 36.2 Å². The van der Waals surface area contributed by atoms with Gasteiger partial charge in [0, 0.05) is 59.2 Å². The van der Waals surface area contributed by atoms with E-state index in [0.29, 0.717) is 65.2 Å². The van der Waals surface area contributed by atoms with Crippen LogP contribution in [0.2, 0.25) is 0 Å². The summed E-state index contributed by atoms with van der Waals surface area (Å²) in [5.41, 5.74) is 8.47. The maximum absolute atomic E-state index is 13.1. The van der Waals surface area contributed by atoms with Crippen molar-refractivity contribution in [2.45, 2.75) is 94.9 Å². The van der Waals surface area contributed by atoms with Gasteiger partial charge in [-0.2, -0.15) is 4.58 Å². The van der Waals surface area contributed by atoms with E-state index in [2.05, 4.69) is 146 Å². The average Bonchev–Trinajstić information content (AvgIpc) is 1.73. The molecule has 2 N–H and O–H groups in total. The van der Waals surface area contributed by atoms with Gasteiger partial charge < -0.3 is 47.9 Å². The van der Waals surface area contributed by atoms with Crippen LogP contribution < -0.4 is 39.8 Å². The summed E-state index contributed by atoms with van der Waals surface area (Å²) in [7, 11) is 6.56. The van der Waals surface area contributed by atoms with Crippen molar-refractivity contribution in [1.82, 2.24) is 9.55 Å². The van der Waals surface area contributed by atoms with Crippen LogP contribution in [0.5, 0.6) is 34.5 Å². The molecular weight excluding hydrogens is 1190 g/mol. The van der Waals surface area contributed by atoms with E-state index in [-0.39, 0.29) is 23.9 Å². The van der Waals surface area contributed by atoms with Gasteiger partial charge in [0.05, 0.1) is 53.2 Å². The van der Waals surface area contributed by atoms with Gasteiger partial charge >= 0.3 is 5.69 Å². The van der Waals surface area contributed by atoms with Crippen molar-refractivity contribution < 1.29 is 47.6 Å². The van der Waals surface area contributed by atoms with Crippen molar-refractivity contribution in [3.05, 3.63) is 295 Å². The number of nitrogens with zero attached hydrogens (tertiary/aromatic N) is 3. The summed E-state index contributed by atoms with van der Waals surface area (Å²) in [6, 6.07) is 64.7. The van der Waals surface area contributed by atoms with Gasteiger partial charge in [-0.3, -0.25) is 14.3 Å². The number of aliphatic hydroxyl groups excluding tert-OH is 1.